The monoisotopic (exact) mass is 454 g/mol. The summed E-state index contributed by atoms with van der Waals surface area (Å²) in [5.74, 6) is 1.38. The van der Waals surface area contributed by atoms with Crippen molar-refractivity contribution in [2.75, 3.05) is 47.4 Å². The largest absolute Gasteiger partial charge is 0.383 e. The second kappa shape index (κ2) is 11.9. The highest BCUT2D eigenvalue weighted by atomic mass is 127. The average Bonchev–Trinajstić information content (AvgIpc) is 2.50. The lowest BCUT2D eigenvalue weighted by Crippen LogP contribution is -2.42. The van der Waals surface area contributed by atoms with Crippen molar-refractivity contribution in [3.8, 4) is 0 Å². The van der Waals surface area contributed by atoms with Gasteiger partial charge < -0.3 is 20.3 Å². The van der Waals surface area contributed by atoms with Crippen LogP contribution in [0.4, 0.5) is 0 Å². The van der Waals surface area contributed by atoms with Gasteiger partial charge in [0.05, 0.1) is 6.61 Å². The van der Waals surface area contributed by atoms with Gasteiger partial charge in [-0.3, -0.25) is 4.79 Å². The van der Waals surface area contributed by atoms with Gasteiger partial charge in [-0.1, -0.05) is 13.8 Å². The van der Waals surface area contributed by atoms with E-state index >= 15 is 0 Å². The van der Waals surface area contributed by atoms with Crippen LogP contribution in [0.15, 0.2) is 4.99 Å². The van der Waals surface area contributed by atoms with Crippen LogP contribution in [0.3, 0.4) is 0 Å². The highest BCUT2D eigenvalue weighted by Gasteiger charge is 2.26. The van der Waals surface area contributed by atoms with E-state index in [0.29, 0.717) is 30.4 Å². The second-order valence-electron chi connectivity index (χ2n) is 7.36. The molecule has 0 spiro atoms. The van der Waals surface area contributed by atoms with Crippen LogP contribution in [0.2, 0.25) is 0 Å². The lowest BCUT2D eigenvalue weighted by atomic mass is 9.73. The Morgan fingerprint density at radius 2 is 1.88 bits per heavy atom. The summed E-state index contributed by atoms with van der Waals surface area (Å²) in [6, 6.07) is 0. The Hall–Kier alpha value is -0.570. The van der Waals surface area contributed by atoms with Crippen LogP contribution < -0.4 is 10.6 Å². The van der Waals surface area contributed by atoms with E-state index < -0.39 is 0 Å². The number of halogens is 1. The van der Waals surface area contributed by atoms with Crippen molar-refractivity contribution in [3.63, 3.8) is 0 Å². The quantitative estimate of drug-likeness (QED) is 0.268. The van der Waals surface area contributed by atoms with E-state index in [-0.39, 0.29) is 36.4 Å². The van der Waals surface area contributed by atoms with Gasteiger partial charge in [0.1, 0.15) is 6.54 Å². The summed E-state index contributed by atoms with van der Waals surface area (Å²) in [5.41, 5.74) is 0.488. The fourth-order valence-electron chi connectivity index (χ4n) is 2.64. The van der Waals surface area contributed by atoms with Crippen LogP contribution in [0.25, 0.3) is 0 Å². The summed E-state index contributed by atoms with van der Waals surface area (Å²) in [6.45, 7) is 7.06. The van der Waals surface area contributed by atoms with Gasteiger partial charge in [0.2, 0.25) is 5.91 Å². The van der Waals surface area contributed by atoms with E-state index in [1.165, 1.54) is 25.7 Å². The number of nitrogens with one attached hydrogen (secondary N) is 2. The number of carbonyl (C=O) groups excluding carboxylic acids is 1. The lowest BCUT2D eigenvalue weighted by Gasteiger charge is -2.34. The number of amides is 1. The molecule has 2 N–H and O–H groups in total. The molecule has 0 saturated heterocycles. The summed E-state index contributed by atoms with van der Waals surface area (Å²) < 4.78 is 5.05. The molecule has 1 fully saturated rings. The molecule has 6 nitrogen and oxygen atoms in total. The van der Waals surface area contributed by atoms with E-state index in [0.717, 1.165) is 6.54 Å². The van der Waals surface area contributed by atoms with Crippen molar-refractivity contribution < 1.29 is 9.53 Å². The zero-order chi connectivity index (χ0) is 17.3. The fourth-order valence-corrected chi connectivity index (χ4v) is 2.64. The zero-order valence-electron chi connectivity index (χ0n) is 15.9. The van der Waals surface area contributed by atoms with Crippen molar-refractivity contribution in [1.82, 2.24) is 15.5 Å². The SMILES string of the molecule is COCCNC(=NCC(=O)N(C)C)NCC1CCC(C)(C)CC1.I. The molecule has 24 heavy (non-hydrogen) atoms. The number of likely N-dealkylation sites (N-methyl/N-ethyl adjacent to an activating group) is 1. The molecule has 0 heterocycles. The first-order valence-electron chi connectivity index (χ1n) is 8.55. The molecule has 0 bridgehead atoms. The van der Waals surface area contributed by atoms with Crippen LogP contribution >= 0.6 is 24.0 Å². The number of hydrogen-bond acceptors (Lipinski definition) is 3. The number of carbonyl (C=O) groups is 1. The lowest BCUT2D eigenvalue weighted by molar-refractivity contribution is -0.127. The molecule has 0 radical (unpaired) electrons. The predicted octanol–water partition coefficient (Wildman–Crippen LogP) is 2.09. The third kappa shape index (κ3) is 9.66. The highest BCUT2D eigenvalue weighted by molar-refractivity contribution is 14.0. The smallest absolute Gasteiger partial charge is 0.243 e. The molecule has 1 saturated carbocycles. The Labute approximate surface area is 164 Å². The van der Waals surface area contributed by atoms with Crippen LogP contribution in [-0.4, -0.2) is 64.2 Å². The van der Waals surface area contributed by atoms with Gasteiger partial charge in [-0.05, 0) is 37.0 Å². The van der Waals surface area contributed by atoms with E-state index in [2.05, 4.69) is 29.5 Å². The molecular weight excluding hydrogens is 419 g/mol. The normalized spacial score (nSPS) is 17.8. The summed E-state index contributed by atoms with van der Waals surface area (Å²) >= 11 is 0. The molecule has 1 aliphatic rings. The molecule has 0 aromatic carbocycles. The number of hydrogen-bond donors (Lipinski definition) is 2. The summed E-state index contributed by atoms with van der Waals surface area (Å²) in [5, 5.41) is 6.60. The van der Waals surface area contributed by atoms with Crippen molar-refractivity contribution in [3.05, 3.63) is 0 Å². The first-order chi connectivity index (χ1) is 10.8. The maximum absolute atomic E-state index is 11.7. The van der Waals surface area contributed by atoms with E-state index in [4.69, 9.17) is 4.74 Å². The number of ether oxygens (including phenoxy) is 1. The third-order valence-corrected chi connectivity index (χ3v) is 4.49. The number of methoxy groups -OCH3 is 1. The molecule has 142 valence electrons. The van der Waals surface area contributed by atoms with Crippen molar-refractivity contribution in [2.45, 2.75) is 39.5 Å². The van der Waals surface area contributed by atoms with E-state index in [1.54, 1.807) is 26.1 Å². The van der Waals surface area contributed by atoms with Gasteiger partial charge in [0.15, 0.2) is 5.96 Å². The highest BCUT2D eigenvalue weighted by Crippen LogP contribution is 2.37. The first kappa shape index (κ1) is 23.4. The zero-order valence-corrected chi connectivity index (χ0v) is 18.2. The fraction of sp³-hybridized carbons (Fsp3) is 0.882. The van der Waals surface area contributed by atoms with Gasteiger partial charge >= 0.3 is 0 Å². The van der Waals surface area contributed by atoms with Gasteiger partial charge in [0, 0.05) is 34.3 Å². The van der Waals surface area contributed by atoms with E-state index in [1.807, 2.05) is 0 Å². The number of guanidine groups is 1. The topological polar surface area (TPSA) is 66.0 Å². The molecule has 7 heteroatoms. The average molecular weight is 454 g/mol. The second-order valence-corrected chi connectivity index (χ2v) is 7.36. The number of nitrogens with zero attached hydrogens (tertiary/aromatic N) is 2. The van der Waals surface area contributed by atoms with Gasteiger partial charge in [-0.25, -0.2) is 4.99 Å². The van der Waals surface area contributed by atoms with Crippen molar-refractivity contribution >= 4 is 35.8 Å². The van der Waals surface area contributed by atoms with Gasteiger partial charge in [-0.2, -0.15) is 0 Å². The van der Waals surface area contributed by atoms with Crippen LogP contribution in [0.5, 0.6) is 0 Å². The molecule has 0 unspecified atom stereocenters. The third-order valence-electron chi connectivity index (χ3n) is 4.49. The standard InChI is InChI=1S/C17H34N4O2.HI/c1-17(2)8-6-14(7-9-17)12-19-16(18-10-11-23-5)20-13-15(22)21(3)4;/h14H,6-13H2,1-5H3,(H2,18,19,20);1H. The maximum Gasteiger partial charge on any atom is 0.243 e. The molecular formula is C17H35IN4O2. The molecule has 1 amide bonds. The van der Waals surface area contributed by atoms with Crippen LogP contribution in [-0.2, 0) is 9.53 Å². The Morgan fingerprint density at radius 1 is 1.25 bits per heavy atom. The Balaban J connectivity index is 0.00000529. The minimum Gasteiger partial charge on any atom is -0.383 e. The Bertz CT molecular complexity index is 390. The summed E-state index contributed by atoms with van der Waals surface area (Å²) in [7, 11) is 5.16. The molecule has 0 aromatic heterocycles. The molecule has 0 aromatic rings. The molecule has 1 aliphatic carbocycles. The van der Waals surface area contributed by atoms with E-state index in [9.17, 15) is 4.79 Å². The number of aliphatic imine (C=N–C) groups is 1. The van der Waals surface area contributed by atoms with Crippen molar-refractivity contribution in [2.24, 2.45) is 16.3 Å². The van der Waals surface area contributed by atoms with Crippen molar-refractivity contribution in [1.29, 1.82) is 0 Å². The molecule has 0 atom stereocenters. The number of rotatable bonds is 7. The minimum absolute atomic E-state index is 0. The van der Waals surface area contributed by atoms with Gasteiger partial charge in [0.25, 0.3) is 0 Å². The van der Waals surface area contributed by atoms with Crippen LogP contribution in [0.1, 0.15) is 39.5 Å². The minimum atomic E-state index is -0.00254. The molecule has 1 rings (SSSR count). The predicted molar refractivity (Wildman–Crippen MR) is 110 cm³/mol. The van der Waals surface area contributed by atoms with Gasteiger partial charge in [-0.15, -0.1) is 24.0 Å². The van der Waals surface area contributed by atoms with Crippen LogP contribution in [0, 0.1) is 11.3 Å². The molecule has 0 aliphatic heterocycles. The summed E-state index contributed by atoms with van der Waals surface area (Å²) in [6.07, 6.45) is 5.06. The Morgan fingerprint density at radius 3 is 2.42 bits per heavy atom. The Kier molecular flexibility index (Phi) is 11.6. The first-order valence-corrected chi connectivity index (χ1v) is 8.55. The maximum atomic E-state index is 11.7. The summed E-state index contributed by atoms with van der Waals surface area (Å²) in [4.78, 5) is 17.6.